The lowest BCUT2D eigenvalue weighted by Gasteiger charge is -2.18. The van der Waals surface area contributed by atoms with Crippen LogP contribution in [0.5, 0.6) is 0 Å². The molecule has 2 N–H and O–H groups in total. The van der Waals surface area contributed by atoms with Crippen LogP contribution < -0.4 is 5.32 Å². The van der Waals surface area contributed by atoms with Gasteiger partial charge in [0.2, 0.25) is 0 Å². The molecule has 3 rings (SSSR count). The summed E-state index contributed by atoms with van der Waals surface area (Å²) in [6.45, 7) is 8.90. The van der Waals surface area contributed by atoms with Gasteiger partial charge in [0, 0.05) is 17.1 Å². The van der Waals surface area contributed by atoms with Gasteiger partial charge < -0.3 is 10.3 Å². The summed E-state index contributed by atoms with van der Waals surface area (Å²) >= 11 is 0. The van der Waals surface area contributed by atoms with Crippen molar-refractivity contribution in [2.75, 3.05) is 5.32 Å². The molecule has 0 saturated heterocycles. The standard InChI is InChI=1S/C17H25N3/c1-11-6-5-7-13(11)18-12-8-9-14-15(10-12)20-16(19-14)17(2,3)4/h8-11,13,18H,5-7H2,1-4H3,(H,19,20). The normalized spacial score (nSPS) is 23.4. The number of nitrogens with one attached hydrogen (secondary N) is 2. The number of hydrogen-bond donors (Lipinski definition) is 2. The van der Waals surface area contributed by atoms with Crippen LogP contribution in [0.25, 0.3) is 11.0 Å². The van der Waals surface area contributed by atoms with Crippen molar-refractivity contribution >= 4 is 16.7 Å². The molecule has 1 aliphatic carbocycles. The molecule has 3 heteroatoms. The summed E-state index contributed by atoms with van der Waals surface area (Å²) in [5.74, 6) is 1.83. The van der Waals surface area contributed by atoms with E-state index >= 15 is 0 Å². The Morgan fingerprint density at radius 2 is 2.05 bits per heavy atom. The molecule has 1 aromatic carbocycles. The SMILES string of the molecule is CC1CCCC1Nc1ccc2nc(C(C)(C)C)[nH]c2c1. The van der Waals surface area contributed by atoms with E-state index < -0.39 is 0 Å². The molecule has 2 unspecified atom stereocenters. The van der Waals surface area contributed by atoms with E-state index in [1.807, 2.05) is 0 Å². The third-order valence-electron chi connectivity index (χ3n) is 4.41. The zero-order valence-electron chi connectivity index (χ0n) is 13.0. The Morgan fingerprint density at radius 1 is 1.25 bits per heavy atom. The fourth-order valence-corrected chi connectivity index (χ4v) is 3.03. The number of rotatable bonds is 2. The minimum absolute atomic E-state index is 0.0621. The Bertz CT molecular complexity index is 606. The predicted octanol–water partition coefficient (Wildman–Crippen LogP) is 4.46. The van der Waals surface area contributed by atoms with Crippen molar-refractivity contribution < 1.29 is 0 Å². The second kappa shape index (κ2) is 4.80. The average molecular weight is 271 g/mol. The number of anilines is 1. The summed E-state index contributed by atoms with van der Waals surface area (Å²) in [5, 5.41) is 3.68. The predicted molar refractivity (Wildman–Crippen MR) is 85.2 cm³/mol. The molecule has 1 aromatic heterocycles. The first-order valence-electron chi connectivity index (χ1n) is 7.70. The number of aromatic amines is 1. The highest BCUT2D eigenvalue weighted by Gasteiger charge is 2.23. The van der Waals surface area contributed by atoms with Crippen LogP contribution in [-0.2, 0) is 5.41 Å². The fourth-order valence-electron chi connectivity index (χ4n) is 3.03. The molecule has 108 valence electrons. The maximum Gasteiger partial charge on any atom is 0.112 e. The molecule has 0 aliphatic heterocycles. The zero-order valence-corrected chi connectivity index (χ0v) is 13.0. The number of imidazole rings is 1. The summed E-state index contributed by atoms with van der Waals surface area (Å²) in [7, 11) is 0. The molecule has 2 atom stereocenters. The molecule has 0 radical (unpaired) electrons. The molecule has 1 heterocycles. The lowest BCUT2D eigenvalue weighted by atomic mass is 9.96. The van der Waals surface area contributed by atoms with Crippen molar-refractivity contribution in [2.24, 2.45) is 5.92 Å². The van der Waals surface area contributed by atoms with Crippen LogP contribution in [0, 0.1) is 5.92 Å². The van der Waals surface area contributed by atoms with E-state index in [4.69, 9.17) is 0 Å². The molecule has 1 fully saturated rings. The van der Waals surface area contributed by atoms with Crippen LogP contribution in [-0.4, -0.2) is 16.0 Å². The van der Waals surface area contributed by atoms with E-state index in [0.717, 1.165) is 22.8 Å². The van der Waals surface area contributed by atoms with Gasteiger partial charge >= 0.3 is 0 Å². The van der Waals surface area contributed by atoms with Gasteiger partial charge in [-0.05, 0) is 37.0 Å². The number of benzene rings is 1. The third-order valence-corrected chi connectivity index (χ3v) is 4.41. The Hall–Kier alpha value is -1.51. The zero-order chi connectivity index (χ0) is 14.3. The van der Waals surface area contributed by atoms with Gasteiger partial charge in [-0.25, -0.2) is 4.98 Å². The van der Waals surface area contributed by atoms with Gasteiger partial charge in [0.05, 0.1) is 11.0 Å². The van der Waals surface area contributed by atoms with E-state index in [1.165, 1.54) is 24.9 Å². The van der Waals surface area contributed by atoms with Gasteiger partial charge in [-0.1, -0.05) is 34.1 Å². The van der Waals surface area contributed by atoms with Crippen molar-refractivity contribution in [3.63, 3.8) is 0 Å². The first-order chi connectivity index (χ1) is 9.43. The quantitative estimate of drug-likeness (QED) is 0.846. The third kappa shape index (κ3) is 2.54. The minimum Gasteiger partial charge on any atom is -0.382 e. The molecule has 2 aromatic rings. The molecular formula is C17H25N3. The van der Waals surface area contributed by atoms with Crippen LogP contribution in [0.15, 0.2) is 18.2 Å². The van der Waals surface area contributed by atoms with Gasteiger partial charge in [-0.3, -0.25) is 0 Å². The smallest absolute Gasteiger partial charge is 0.112 e. The summed E-state index contributed by atoms with van der Waals surface area (Å²) in [6, 6.07) is 7.09. The van der Waals surface area contributed by atoms with E-state index in [0.29, 0.717) is 6.04 Å². The van der Waals surface area contributed by atoms with E-state index in [9.17, 15) is 0 Å². The van der Waals surface area contributed by atoms with Gasteiger partial charge in [0.1, 0.15) is 5.82 Å². The highest BCUT2D eigenvalue weighted by Crippen LogP contribution is 2.29. The Labute approximate surface area is 121 Å². The first kappa shape index (κ1) is 13.5. The summed E-state index contributed by atoms with van der Waals surface area (Å²) < 4.78 is 0. The summed E-state index contributed by atoms with van der Waals surface area (Å²) in [4.78, 5) is 8.15. The van der Waals surface area contributed by atoms with Crippen LogP contribution in [0.4, 0.5) is 5.69 Å². The largest absolute Gasteiger partial charge is 0.382 e. The molecule has 20 heavy (non-hydrogen) atoms. The average Bonchev–Trinajstić information content (AvgIpc) is 2.95. The highest BCUT2D eigenvalue weighted by molar-refractivity contribution is 5.79. The Balaban J connectivity index is 1.86. The lowest BCUT2D eigenvalue weighted by molar-refractivity contribution is 0.554. The topological polar surface area (TPSA) is 40.7 Å². The van der Waals surface area contributed by atoms with Crippen molar-refractivity contribution in [2.45, 2.75) is 58.4 Å². The van der Waals surface area contributed by atoms with Gasteiger partial charge in [-0.15, -0.1) is 0 Å². The maximum absolute atomic E-state index is 4.69. The number of nitrogens with zero attached hydrogens (tertiary/aromatic N) is 1. The second-order valence-electron chi connectivity index (χ2n) is 7.23. The van der Waals surface area contributed by atoms with E-state index in [-0.39, 0.29) is 5.41 Å². The fraction of sp³-hybridized carbons (Fsp3) is 0.588. The number of H-pyrrole nitrogens is 1. The lowest BCUT2D eigenvalue weighted by Crippen LogP contribution is -2.21. The van der Waals surface area contributed by atoms with Crippen LogP contribution >= 0.6 is 0 Å². The molecule has 0 spiro atoms. The highest BCUT2D eigenvalue weighted by atomic mass is 15.0. The van der Waals surface area contributed by atoms with E-state index in [2.05, 4.69) is 61.2 Å². The monoisotopic (exact) mass is 271 g/mol. The minimum atomic E-state index is 0.0621. The molecule has 1 saturated carbocycles. The Kier molecular flexibility index (Phi) is 3.23. The number of fused-ring (bicyclic) bond motifs is 1. The molecule has 3 nitrogen and oxygen atoms in total. The molecule has 0 amide bonds. The van der Waals surface area contributed by atoms with Gasteiger partial charge in [-0.2, -0.15) is 0 Å². The number of aromatic nitrogens is 2. The van der Waals surface area contributed by atoms with Crippen molar-refractivity contribution in [1.29, 1.82) is 0 Å². The van der Waals surface area contributed by atoms with Gasteiger partial charge in [0.15, 0.2) is 0 Å². The van der Waals surface area contributed by atoms with Crippen molar-refractivity contribution in [1.82, 2.24) is 9.97 Å². The first-order valence-corrected chi connectivity index (χ1v) is 7.70. The molecular weight excluding hydrogens is 246 g/mol. The van der Waals surface area contributed by atoms with Gasteiger partial charge in [0.25, 0.3) is 0 Å². The Morgan fingerprint density at radius 3 is 2.70 bits per heavy atom. The van der Waals surface area contributed by atoms with Crippen LogP contribution in [0.2, 0.25) is 0 Å². The van der Waals surface area contributed by atoms with Crippen LogP contribution in [0.1, 0.15) is 52.8 Å². The van der Waals surface area contributed by atoms with Crippen molar-refractivity contribution in [3.8, 4) is 0 Å². The number of hydrogen-bond acceptors (Lipinski definition) is 2. The van der Waals surface area contributed by atoms with E-state index in [1.54, 1.807) is 0 Å². The van der Waals surface area contributed by atoms with Crippen molar-refractivity contribution in [3.05, 3.63) is 24.0 Å². The summed E-state index contributed by atoms with van der Waals surface area (Å²) in [5.41, 5.74) is 3.46. The maximum atomic E-state index is 4.69. The second-order valence-corrected chi connectivity index (χ2v) is 7.23. The summed E-state index contributed by atoms with van der Waals surface area (Å²) in [6.07, 6.45) is 3.98. The van der Waals surface area contributed by atoms with Crippen LogP contribution in [0.3, 0.4) is 0 Å². The molecule has 0 bridgehead atoms. The molecule has 1 aliphatic rings.